The maximum Gasteiger partial charge on any atom is 0.228 e. The van der Waals surface area contributed by atoms with Crippen LogP contribution in [-0.4, -0.2) is 54.6 Å². The summed E-state index contributed by atoms with van der Waals surface area (Å²) in [6, 6.07) is 19.1. The lowest BCUT2D eigenvalue weighted by Crippen LogP contribution is -2.44. The van der Waals surface area contributed by atoms with Gasteiger partial charge in [0.05, 0.1) is 17.7 Å². The molecule has 1 unspecified atom stereocenters. The van der Waals surface area contributed by atoms with Gasteiger partial charge < -0.3 is 15.1 Å². The number of hydrogen-bond acceptors (Lipinski definition) is 6. The maximum absolute atomic E-state index is 13.3. The van der Waals surface area contributed by atoms with E-state index in [9.17, 15) is 10.1 Å². The molecular formula is C30H35N5OS. The normalized spacial score (nSPS) is 17.9. The van der Waals surface area contributed by atoms with Gasteiger partial charge in [0.1, 0.15) is 5.54 Å². The van der Waals surface area contributed by atoms with E-state index in [1.165, 1.54) is 0 Å². The molecule has 1 atom stereocenters. The topological polar surface area (TPSA) is 72.3 Å². The minimum atomic E-state index is -0.658. The van der Waals surface area contributed by atoms with E-state index in [1.807, 2.05) is 12.1 Å². The lowest BCUT2D eigenvalue weighted by Gasteiger charge is -2.32. The van der Waals surface area contributed by atoms with Crippen LogP contribution in [0.5, 0.6) is 0 Å². The average molecular weight is 514 g/mol. The van der Waals surface area contributed by atoms with Gasteiger partial charge in [-0.05, 0) is 55.0 Å². The van der Waals surface area contributed by atoms with Gasteiger partial charge in [0.15, 0.2) is 5.13 Å². The molecule has 3 aromatic rings. The van der Waals surface area contributed by atoms with Gasteiger partial charge in [-0.25, -0.2) is 4.98 Å². The molecule has 37 heavy (non-hydrogen) atoms. The average Bonchev–Trinajstić information content (AvgIpc) is 3.50. The predicted molar refractivity (Wildman–Crippen MR) is 151 cm³/mol. The van der Waals surface area contributed by atoms with E-state index >= 15 is 0 Å². The van der Waals surface area contributed by atoms with E-state index < -0.39 is 5.54 Å². The zero-order chi connectivity index (χ0) is 26.0. The number of nitrogens with zero attached hydrogens (tertiary/aromatic N) is 4. The Labute approximate surface area is 223 Å². The molecule has 1 N–H and O–H groups in total. The molecule has 1 saturated carbocycles. The SMILES string of the molecule is CC(C)CC(C(=O)NC1(C#N)CC1)c1cccc(-c2cccc(-c3csc(N4CCN(C)CC4)n3)c2)c1. The van der Waals surface area contributed by atoms with Gasteiger partial charge in [0.25, 0.3) is 0 Å². The van der Waals surface area contributed by atoms with Crippen molar-refractivity contribution in [3.8, 4) is 28.5 Å². The van der Waals surface area contributed by atoms with Gasteiger partial charge in [-0.3, -0.25) is 4.79 Å². The lowest BCUT2D eigenvalue weighted by atomic mass is 9.87. The molecule has 1 aliphatic heterocycles. The molecule has 0 spiro atoms. The fourth-order valence-corrected chi connectivity index (χ4v) is 5.80. The van der Waals surface area contributed by atoms with Crippen molar-refractivity contribution in [2.75, 3.05) is 38.1 Å². The Bertz CT molecular complexity index is 1300. The standard InChI is InChI=1S/C30H35N5OS/c1-21(2)16-26(28(36)33-30(20-31)10-11-30)24-8-4-6-22(17-24)23-7-5-9-25(18-23)27-19-37-29(32-27)35-14-12-34(3)13-15-35/h4-9,17-19,21,26H,10-16H2,1-3H3,(H,33,36). The first-order valence-electron chi connectivity index (χ1n) is 13.2. The molecule has 5 rings (SSSR count). The van der Waals surface area contributed by atoms with E-state index in [2.05, 4.69) is 83.9 Å². The zero-order valence-electron chi connectivity index (χ0n) is 21.9. The first-order chi connectivity index (χ1) is 17.9. The number of amides is 1. The van der Waals surface area contributed by atoms with Crippen LogP contribution in [0.3, 0.4) is 0 Å². The summed E-state index contributed by atoms with van der Waals surface area (Å²) in [6.45, 7) is 8.42. The number of anilines is 1. The van der Waals surface area contributed by atoms with E-state index in [1.54, 1.807) is 11.3 Å². The van der Waals surface area contributed by atoms with Crippen LogP contribution < -0.4 is 10.2 Å². The molecule has 0 radical (unpaired) electrons. The summed E-state index contributed by atoms with van der Waals surface area (Å²) < 4.78 is 0. The molecular weight excluding hydrogens is 478 g/mol. The van der Waals surface area contributed by atoms with Crippen molar-refractivity contribution in [3.05, 3.63) is 59.5 Å². The first kappa shape index (κ1) is 25.4. The summed E-state index contributed by atoms with van der Waals surface area (Å²) in [6.07, 6.45) is 2.22. The fourth-order valence-electron chi connectivity index (χ4n) is 4.91. The van der Waals surface area contributed by atoms with Gasteiger partial charge in [0, 0.05) is 37.1 Å². The summed E-state index contributed by atoms with van der Waals surface area (Å²) in [5.74, 6) is 0.0374. The number of aromatic nitrogens is 1. The van der Waals surface area contributed by atoms with Crippen molar-refractivity contribution < 1.29 is 4.79 Å². The number of carbonyl (C=O) groups is 1. The Morgan fingerprint density at radius 1 is 1.08 bits per heavy atom. The summed E-state index contributed by atoms with van der Waals surface area (Å²) in [5.41, 5.74) is 4.62. The first-order valence-corrected chi connectivity index (χ1v) is 14.1. The number of nitrogens with one attached hydrogen (secondary N) is 1. The number of rotatable bonds is 8. The van der Waals surface area contributed by atoms with Gasteiger partial charge in [0.2, 0.25) is 5.91 Å². The smallest absolute Gasteiger partial charge is 0.228 e. The van der Waals surface area contributed by atoms with Gasteiger partial charge in [-0.2, -0.15) is 5.26 Å². The maximum atomic E-state index is 13.3. The van der Waals surface area contributed by atoms with Gasteiger partial charge >= 0.3 is 0 Å². The van der Waals surface area contributed by atoms with E-state index in [4.69, 9.17) is 4.98 Å². The summed E-state index contributed by atoms with van der Waals surface area (Å²) >= 11 is 1.71. The number of likely N-dealkylation sites (N-methyl/N-ethyl adjacent to an activating group) is 1. The molecule has 7 heteroatoms. The third-order valence-corrected chi connectivity index (χ3v) is 8.30. The Hall–Kier alpha value is -3.21. The highest BCUT2D eigenvalue weighted by Gasteiger charge is 2.45. The largest absolute Gasteiger partial charge is 0.346 e. The summed E-state index contributed by atoms with van der Waals surface area (Å²) in [4.78, 5) is 22.9. The van der Waals surface area contributed by atoms with Gasteiger partial charge in [-0.15, -0.1) is 11.3 Å². The second-order valence-electron chi connectivity index (χ2n) is 10.9. The molecule has 1 saturated heterocycles. The van der Waals surface area contributed by atoms with Crippen molar-refractivity contribution in [3.63, 3.8) is 0 Å². The highest BCUT2D eigenvalue weighted by Crippen LogP contribution is 2.37. The Balaban J connectivity index is 1.38. The summed E-state index contributed by atoms with van der Waals surface area (Å²) in [5, 5.41) is 15.7. The molecule has 1 aromatic heterocycles. The minimum Gasteiger partial charge on any atom is -0.346 e. The van der Waals surface area contributed by atoms with E-state index in [-0.39, 0.29) is 11.8 Å². The molecule has 1 aliphatic carbocycles. The lowest BCUT2D eigenvalue weighted by molar-refractivity contribution is -0.123. The molecule has 0 bridgehead atoms. The molecule has 1 amide bonds. The molecule has 2 aliphatic rings. The molecule has 2 heterocycles. The van der Waals surface area contributed by atoms with Crippen LogP contribution in [0, 0.1) is 17.2 Å². The molecule has 2 fully saturated rings. The fraction of sp³-hybridized carbons (Fsp3) is 0.433. The van der Waals surface area contributed by atoms with Crippen LogP contribution in [0.1, 0.15) is 44.6 Å². The van der Waals surface area contributed by atoms with Crippen LogP contribution in [0.15, 0.2) is 53.9 Å². The number of nitriles is 1. The third-order valence-electron chi connectivity index (χ3n) is 7.40. The number of thiazole rings is 1. The molecule has 192 valence electrons. The Morgan fingerprint density at radius 3 is 2.43 bits per heavy atom. The molecule has 2 aromatic carbocycles. The number of benzene rings is 2. The van der Waals surface area contributed by atoms with Crippen molar-refractivity contribution in [1.29, 1.82) is 5.26 Å². The summed E-state index contributed by atoms with van der Waals surface area (Å²) in [7, 11) is 2.17. The highest BCUT2D eigenvalue weighted by molar-refractivity contribution is 7.14. The van der Waals surface area contributed by atoms with Crippen molar-refractivity contribution >= 4 is 22.4 Å². The Morgan fingerprint density at radius 2 is 1.76 bits per heavy atom. The van der Waals surface area contributed by atoms with Crippen molar-refractivity contribution in [2.24, 2.45) is 5.92 Å². The minimum absolute atomic E-state index is 0.0439. The predicted octanol–water partition coefficient (Wildman–Crippen LogP) is 5.53. The van der Waals surface area contributed by atoms with Crippen molar-refractivity contribution in [2.45, 2.75) is 44.6 Å². The second kappa shape index (κ2) is 10.6. The van der Waals surface area contributed by atoms with Crippen LogP contribution in [0.2, 0.25) is 0 Å². The quantitative estimate of drug-likeness (QED) is 0.429. The number of hydrogen-bond donors (Lipinski definition) is 1. The number of piperazine rings is 1. The highest BCUT2D eigenvalue weighted by atomic mass is 32.1. The Kier molecular flexibility index (Phi) is 7.32. The van der Waals surface area contributed by atoms with Crippen LogP contribution in [0.25, 0.3) is 22.4 Å². The van der Waals surface area contributed by atoms with Crippen molar-refractivity contribution in [1.82, 2.24) is 15.2 Å². The van der Waals surface area contributed by atoms with Gasteiger partial charge in [-0.1, -0.05) is 56.3 Å². The van der Waals surface area contributed by atoms with E-state index in [0.29, 0.717) is 5.92 Å². The van der Waals surface area contributed by atoms with Crippen LogP contribution in [0.4, 0.5) is 5.13 Å². The van der Waals surface area contributed by atoms with Crippen LogP contribution >= 0.6 is 11.3 Å². The second-order valence-corrected chi connectivity index (χ2v) is 11.7. The van der Waals surface area contributed by atoms with E-state index in [0.717, 1.165) is 78.5 Å². The third kappa shape index (κ3) is 5.87. The van der Waals surface area contributed by atoms with Crippen LogP contribution in [-0.2, 0) is 4.79 Å². The number of carbonyl (C=O) groups excluding carboxylic acids is 1. The molecule has 6 nitrogen and oxygen atoms in total. The monoisotopic (exact) mass is 513 g/mol. The zero-order valence-corrected chi connectivity index (χ0v) is 22.7.